The molecule has 2 unspecified atom stereocenters. The van der Waals surface area contributed by atoms with Crippen LogP contribution in [0.15, 0.2) is 0 Å². The van der Waals surface area contributed by atoms with Crippen molar-refractivity contribution in [3.8, 4) is 0 Å². The molecule has 4 nitrogen and oxygen atoms in total. The van der Waals surface area contributed by atoms with Gasteiger partial charge in [0, 0.05) is 31.1 Å². The molecule has 4 heteroatoms. The van der Waals surface area contributed by atoms with E-state index < -0.39 is 5.60 Å². The summed E-state index contributed by atoms with van der Waals surface area (Å²) < 4.78 is 5.50. The second-order valence-electron chi connectivity index (χ2n) is 6.13. The van der Waals surface area contributed by atoms with E-state index in [0.29, 0.717) is 25.7 Å². The van der Waals surface area contributed by atoms with Crippen molar-refractivity contribution < 1.29 is 19.1 Å². The standard InChI is InChI=1S/C15H24O4/c1-10-5-8-14(18)19-15(3,4)12(9-13(10)17)7-6-11(2)16/h10,12H,5-9H2,1-4H3. The largest absolute Gasteiger partial charge is 0.459 e. The molecule has 1 aliphatic rings. The Bertz CT molecular complexity index is 370. The summed E-state index contributed by atoms with van der Waals surface area (Å²) in [7, 11) is 0. The summed E-state index contributed by atoms with van der Waals surface area (Å²) in [4.78, 5) is 35.0. The highest BCUT2D eigenvalue weighted by Gasteiger charge is 2.37. The first-order valence-corrected chi connectivity index (χ1v) is 6.96. The molecule has 0 aromatic carbocycles. The van der Waals surface area contributed by atoms with Crippen LogP contribution < -0.4 is 0 Å². The fraction of sp³-hybridized carbons (Fsp3) is 0.800. The SMILES string of the molecule is CC(=O)CCC1CC(=O)C(C)CCC(=O)OC1(C)C. The van der Waals surface area contributed by atoms with Gasteiger partial charge in [0.25, 0.3) is 0 Å². The van der Waals surface area contributed by atoms with E-state index in [1.54, 1.807) is 6.92 Å². The molecule has 1 fully saturated rings. The average Bonchev–Trinajstić information content (AvgIpc) is 2.31. The summed E-state index contributed by atoms with van der Waals surface area (Å²) in [5.41, 5.74) is -0.688. The molecule has 0 radical (unpaired) electrons. The zero-order valence-electron chi connectivity index (χ0n) is 12.3. The number of Topliss-reactive ketones (excluding diaryl/α,β-unsaturated/α-hetero) is 2. The lowest BCUT2D eigenvalue weighted by molar-refractivity contribution is -0.162. The van der Waals surface area contributed by atoms with Gasteiger partial charge in [0.05, 0.1) is 0 Å². The molecule has 19 heavy (non-hydrogen) atoms. The van der Waals surface area contributed by atoms with Gasteiger partial charge >= 0.3 is 5.97 Å². The summed E-state index contributed by atoms with van der Waals surface area (Å²) in [6, 6.07) is 0. The topological polar surface area (TPSA) is 60.4 Å². The molecule has 0 saturated carbocycles. The van der Waals surface area contributed by atoms with Crippen molar-refractivity contribution in [2.75, 3.05) is 0 Å². The highest BCUT2D eigenvalue weighted by Crippen LogP contribution is 2.32. The maximum absolute atomic E-state index is 12.1. The Morgan fingerprint density at radius 3 is 2.58 bits per heavy atom. The van der Waals surface area contributed by atoms with Gasteiger partial charge < -0.3 is 9.53 Å². The Labute approximate surface area is 114 Å². The van der Waals surface area contributed by atoms with Crippen molar-refractivity contribution in [3.63, 3.8) is 0 Å². The van der Waals surface area contributed by atoms with Gasteiger partial charge in [0.2, 0.25) is 0 Å². The number of esters is 1. The van der Waals surface area contributed by atoms with E-state index in [1.165, 1.54) is 0 Å². The summed E-state index contributed by atoms with van der Waals surface area (Å²) in [5.74, 6) is -0.184. The van der Waals surface area contributed by atoms with Crippen LogP contribution >= 0.6 is 0 Å². The molecule has 1 aliphatic heterocycles. The summed E-state index contributed by atoms with van der Waals surface area (Å²) >= 11 is 0. The van der Waals surface area contributed by atoms with Crippen LogP contribution in [-0.2, 0) is 19.1 Å². The average molecular weight is 268 g/mol. The monoisotopic (exact) mass is 268 g/mol. The molecule has 0 aromatic rings. The van der Waals surface area contributed by atoms with E-state index in [2.05, 4.69) is 0 Å². The molecule has 0 amide bonds. The zero-order chi connectivity index (χ0) is 14.6. The smallest absolute Gasteiger partial charge is 0.306 e. The summed E-state index contributed by atoms with van der Waals surface area (Å²) in [5, 5.41) is 0. The molecule has 2 atom stereocenters. The second kappa shape index (κ2) is 6.31. The Morgan fingerprint density at radius 2 is 2.00 bits per heavy atom. The van der Waals surface area contributed by atoms with Crippen LogP contribution in [0.2, 0.25) is 0 Å². The predicted octanol–water partition coefficient (Wildman–Crippen LogP) is 2.68. The minimum atomic E-state index is -0.688. The number of ether oxygens (including phenoxy) is 1. The van der Waals surface area contributed by atoms with Gasteiger partial charge in [-0.3, -0.25) is 9.59 Å². The number of cyclic esters (lactones) is 1. The van der Waals surface area contributed by atoms with Crippen LogP contribution in [0, 0.1) is 11.8 Å². The van der Waals surface area contributed by atoms with E-state index in [-0.39, 0.29) is 35.8 Å². The van der Waals surface area contributed by atoms with E-state index in [4.69, 9.17) is 4.74 Å². The number of carbonyl (C=O) groups is 3. The van der Waals surface area contributed by atoms with Crippen LogP contribution in [0.25, 0.3) is 0 Å². The van der Waals surface area contributed by atoms with Crippen molar-refractivity contribution in [2.24, 2.45) is 11.8 Å². The number of hydrogen-bond acceptors (Lipinski definition) is 4. The molecule has 0 spiro atoms. The molecule has 0 N–H and O–H groups in total. The molecule has 1 heterocycles. The Morgan fingerprint density at radius 1 is 1.37 bits per heavy atom. The van der Waals surface area contributed by atoms with Gasteiger partial charge in [0.1, 0.15) is 17.2 Å². The van der Waals surface area contributed by atoms with Crippen LogP contribution in [0.5, 0.6) is 0 Å². The number of hydrogen-bond donors (Lipinski definition) is 0. The minimum Gasteiger partial charge on any atom is -0.459 e. The quantitative estimate of drug-likeness (QED) is 0.738. The van der Waals surface area contributed by atoms with Crippen LogP contribution in [0.1, 0.15) is 59.8 Å². The summed E-state index contributed by atoms with van der Waals surface area (Å²) in [6.07, 6.45) is 2.24. The molecular formula is C15H24O4. The Balaban J connectivity index is 2.88. The first kappa shape index (κ1) is 15.9. The van der Waals surface area contributed by atoms with Crippen molar-refractivity contribution in [1.82, 2.24) is 0 Å². The first-order valence-electron chi connectivity index (χ1n) is 6.96. The Kier molecular flexibility index (Phi) is 5.27. The fourth-order valence-electron chi connectivity index (χ4n) is 2.44. The zero-order valence-corrected chi connectivity index (χ0v) is 12.3. The molecule has 1 saturated heterocycles. The molecule has 1 rings (SSSR count). The third-order valence-electron chi connectivity index (χ3n) is 3.98. The molecule has 0 aliphatic carbocycles. The number of rotatable bonds is 3. The van der Waals surface area contributed by atoms with Gasteiger partial charge in [-0.25, -0.2) is 0 Å². The van der Waals surface area contributed by atoms with Gasteiger partial charge in [-0.1, -0.05) is 6.92 Å². The lowest BCUT2D eigenvalue weighted by atomic mass is 9.80. The van der Waals surface area contributed by atoms with Crippen LogP contribution in [0.3, 0.4) is 0 Å². The fourth-order valence-corrected chi connectivity index (χ4v) is 2.44. The maximum atomic E-state index is 12.1. The van der Waals surface area contributed by atoms with Gasteiger partial charge in [-0.05, 0) is 33.6 Å². The van der Waals surface area contributed by atoms with Gasteiger partial charge in [-0.2, -0.15) is 0 Å². The second-order valence-corrected chi connectivity index (χ2v) is 6.13. The molecule has 0 aromatic heterocycles. The van der Waals surface area contributed by atoms with Crippen molar-refractivity contribution in [3.05, 3.63) is 0 Å². The third kappa shape index (κ3) is 4.77. The van der Waals surface area contributed by atoms with Crippen molar-refractivity contribution in [2.45, 2.75) is 65.4 Å². The van der Waals surface area contributed by atoms with Crippen LogP contribution in [-0.4, -0.2) is 23.1 Å². The maximum Gasteiger partial charge on any atom is 0.306 e. The van der Waals surface area contributed by atoms with E-state index in [1.807, 2.05) is 20.8 Å². The van der Waals surface area contributed by atoms with Crippen LogP contribution in [0.4, 0.5) is 0 Å². The van der Waals surface area contributed by atoms with Gasteiger partial charge in [-0.15, -0.1) is 0 Å². The van der Waals surface area contributed by atoms with E-state index in [0.717, 1.165) is 0 Å². The molecule has 108 valence electrons. The normalized spacial score (nSPS) is 28.0. The summed E-state index contributed by atoms with van der Waals surface area (Å²) in [6.45, 7) is 7.06. The Hall–Kier alpha value is -1.19. The highest BCUT2D eigenvalue weighted by molar-refractivity contribution is 5.82. The molecular weight excluding hydrogens is 244 g/mol. The van der Waals surface area contributed by atoms with E-state index >= 15 is 0 Å². The lowest BCUT2D eigenvalue weighted by Gasteiger charge is -2.33. The van der Waals surface area contributed by atoms with Gasteiger partial charge in [0.15, 0.2) is 0 Å². The van der Waals surface area contributed by atoms with Crippen molar-refractivity contribution >= 4 is 17.5 Å². The number of ketones is 2. The van der Waals surface area contributed by atoms with Crippen molar-refractivity contribution in [1.29, 1.82) is 0 Å². The van der Waals surface area contributed by atoms with E-state index in [9.17, 15) is 14.4 Å². The predicted molar refractivity (Wildman–Crippen MR) is 71.6 cm³/mol. The highest BCUT2D eigenvalue weighted by atomic mass is 16.6. The number of carbonyl (C=O) groups excluding carboxylic acids is 3. The molecule has 0 bridgehead atoms. The third-order valence-corrected chi connectivity index (χ3v) is 3.98. The first-order chi connectivity index (χ1) is 8.72. The lowest BCUT2D eigenvalue weighted by Crippen LogP contribution is -2.37. The minimum absolute atomic E-state index is 0.0894.